The first-order chi connectivity index (χ1) is 42.1. The van der Waals surface area contributed by atoms with Crippen LogP contribution in [0.25, 0.3) is 0 Å². The van der Waals surface area contributed by atoms with Gasteiger partial charge in [0.15, 0.2) is 12.2 Å². The van der Waals surface area contributed by atoms with Gasteiger partial charge in [-0.25, -0.2) is 9.13 Å². The lowest BCUT2D eigenvalue weighted by Gasteiger charge is -2.21. The van der Waals surface area contributed by atoms with E-state index >= 15 is 0 Å². The molecule has 4 unspecified atom stereocenters. The van der Waals surface area contributed by atoms with Gasteiger partial charge in [-0.1, -0.05) is 287 Å². The Balaban J connectivity index is 5.26. The Kier molecular flexibility index (Phi) is 57.6. The Labute approximate surface area is 537 Å². The van der Waals surface area contributed by atoms with Crippen molar-refractivity contribution in [2.24, 2.45) is 23.7 Å². The van der Waals surface area contributed by atoms with Crippen LogP contribution in [0.15, 0.2) is 0 Å². The zero-order valence-electron chi connectivity index (χ0n) is 57.3. The molecule has 522 valence electrons. The Bertz CT molecular complexity index is 1750. The van der Waals surface area contributed by atoms with Gasteiger partial charge in [0.05, 0.1) is 26.4 Å². The van der Waals surface area contributed by atoms with E-state index in [2.05, 4.69) is 55.4 Å². The monoisotopic (exact) mass is 1300 g/mol. The van der Waals surface area contributed by atoms with E-state index in [9.17, 15) is 43.2 Å². The van der Waals surface area contributed by atoms with E-state index in [1.54, 1.807) is 0 Å². The van der Waals surface area contributed by atoms with Crippen molar-refractivity contribution in [2.45, 2.75) is 356 Å². The molecular weight excluding hydrogens is 1160 g/mol. The molecule has 0 radical (unpaired) electrons. The Hall–Kier alpha value is -1.94. The highest BCUT2D eigenvalue weighted by Gasteiger charge is 2.30. The van der Waals surface area contributed by atoms with E-state index in [0.29, 0.717) is 25.7 Å². The summed E-state index contributed by atoms with van der Waals surface area (Å²) < 4.78 is 68.2. The zero-order valence-corrected chi connectivity index (χ0v) is 59.1. The molecule has 0 spiro atoms. The SMILES string of the molecule is CCC(C)CCCCCCCCCCCCC(=O)OC[C@H](COP(=O)(O)OCC(O)COP(=O)(O)OC[C@@H](COC(=O)CCCCCCCCCCC(C)C)OC(=O)CCCCCCCCCCCC(C)C)OC(=O)CCCCCCCCCCC(C)C. The van der Waals surface area contributed by atoms with Crippen molar-refractivity contribution < 1.29 is 80.2 Å². The van der Waals surface area contributed by atoms with Crippen molar-refractivity contribution in [3.63, 3.8) is 0 Å². The van der Waals surface area contributed by atoms with Gasteiger partial charge in [-0.05, 0) is 49.4 Å². The highest BCUT2D eigenvalue weighted by Crippen LogP contribution is 2.45. The van der Waals surface area contributed by atoms with Gasteiger partial charge in [-0.15, -0.1) is 0 Å². The molecule has 0 bridgehead atoms. The minimum Gasteiger partial charge on any atom is -0.462 e. The fourth-order valence-corrected chi connectivity index (χ4v) is 11.9. The maximum Gasteiger partial charge on any atom is 0.472 e. The maximum absolute atomic E-state index is 13.0. The molecule has 3 N–H and O–H groups in total. The van der Waals surface area contributed by atoms with Crippen LogP contribution in [0.3, 0.4) is 0 Å². The van der Waals surface area contributed by atoms with Crippen LogP contribution in [-0.4, -0.2) is 96.7 Å². The molecule has 0 aliphatic carbocycles. The van der Waals surface area contributed by atoms with Crippen molar-refractivity contribution in [3.05, 3.63) is 0 Å². The number of esters is 4. The van der Waals surface area contributed by atoms with Crippen LogP contribution < -0.4 is 0 Å². The van der Waals surface area contributed by atoms with Crippen molar-refractivity contribution in [1.29, 1.82) is 0 Å². The summed E-state index contributed by atoms with van der Waals surface area (Å²) in [5.41, 5.74) is 0. The molecule has 88 heavy (non-hydrogen) atoms. The smallest absolute Gasteiger partial charge is 0.462 e. The third kappa shape index (κ3) is 61.6. The van der Waals surface area contributed by atoms with E-state index in [1.807, 2.05) is 0 Å². The normalized spacial score (nSPS) is 14.6. The lowest BCUT2D eigenvalue weighted by Crippen LogP contribution is -2.30. The largest absolute Gasteiger partial charge is 0.472 e. The molecule has 0 saturated heterocycles. The average molecular weight is 1300 g/mol. The summed E-state index contributed by atoms with van der Waals surface area (Å²) in [6, 6.07) is 0. The van der Waals surface area contributed by atoms with Crippen LogP contribution in [0.2, 0.25) is 0 Å². The van der Waals surface area contributed by atoms with E-state index in [0.717, 1.165) is 114 Å². The van der Waals surface area contributed by atoms with Crippen molar-refractivity contribution in [1.82, 2.24) is 0 Å². The third-order valence-electron chi connectivity index (χ3n) is 16.2. The number of aliphatic hydroxyl groups is 1. The van der Waals surface area contributed by atoms with E-state index in [1.165, 1.54) is 141 Å². The van der Waals surface area contributed by atoms with Crippen LogP contribution >= 0.6 is 15.6 Å². The maximum atomic E-state index is 13.0. The number of hydrogen-bond acceptors (Lipinski definition) is 15. The Morgan fingerprint density at radius 3 is 0.807 bits per heavy atom. The van der Waals surface area contributed by atoms with Gasteiger partial charge in [0.25, 0.3) is 0 Å². The molecule has 0 fully saturated rings. The molecule has 0 aliphatic heterocycles. The van der Waals surface area contributed by atoms with Crippen molar-refractivity contribution >= 4 is 39.5 Å². The summed E-state index contributed by atoms with van der Waals surface area (Å²) in [6.07, 6.45) is 40.3. The van der Waals surface area contributed by atoms with Crippen LogP contribution in [0.4, 0.5) is 0 Å². The lowest BCUT2D eigenvalue weighted by atomic mass is 9.99. The summed E-state index contributed by atoms with van der Waals surface area (Å²) in [4.78, 5) is 72.5. The molecule has 19 heteroatoms. The number of carbonyl (C=O) groups is 4. The minimum atomic E-state index is -4.95. The molecule has 0 aromatic carbocycles. The van der Waals surface area contributed by atoms with Gasteiger partial charge in [0.2, 0.25) is 0 Å². The number of ether oxygens (including phenoxy) is 4. The Morgan fingerprint density at radius 1 is 0.318 bits per heavy atom. The zero-order chi connectivity index (χ0) is 65.4. The predicted octanol–water partition coefficient (Wildman–Crippen LogP) is 19.3. The fourth-order valence-electron chi connectivity index (χ4n) is 10.3. The fraction of sp³-hybridized carbons (Fsp3) is 0.942. The second-order valence-electron chi connectivity index (χ2n) is 26.6. The number of aliphatic hydroxyl groups excluding tert-OH is 1. The molecule has 0 aromatic rings. The van der Waals surface area contributed by atoms with Gasteiger partial charge in [0.1, 0.15) is 19.3 Å². The van der Waals surface area contributed by atoms with Crippen LogP contribution in [0, 0.1) is 23.7 Å². The summed E-state index contributed by atoms with van der Waals surface area (Å²) in [7, 11) is -9.90. The molecule has 0 amide bonds. The molecule has 0 saturated carbocycles. The number of rotatable bonds is 66. The van der Waals surface area contributed by atoms with E-state index in [4.69, 9.17) is 37.0 Å². The van der Waals surface area contributed by atoms with E-state index < -0.39 is 97.5 Å². The van der Waals surface area contributed by atoms with Gasteiger partial charge < -0.3 is 33.8 Å². The second-order valence-corrected chi connectivity index (χ2v) is 29.5. The summed E-state index contributed by atoms with van der Waals surface area (Å²) in [6.45, 7) is 14.1. The Morgan fingerprint density at radius 2 is 0.545 bits per heavy atom. The standard InChI is InChI=1S/C69H134O17P2/c1-9-62(8)48-40-32-24-14-10-11-15-25-33-41-49-66(71)79-55-65(86-69(74)52-44-36-28-20-18-23-31-39-47-61(6)7)58-84-88(77,78)82-54-63(70)53-81-87(75,76)83-57-64(56-80-67(72)50-42-34-26-19-17-22-30-38-46-60(4)5)85-68(73)51-43-35-27-16-12-13-21-29-37-45-59(2)3/h59-65,70H,9-58H2,1-8H3,(H,75,76)(H,77,78)/t62?,63?,64-,65-/m1/s1. The highest BCUT2D eigenvalue weighted by atomic mass is 31.2. The van der Waals surface area contributed by atoms with Gasteiger partial charge in [-0.2, -0.15) is 0 Å². The molecule has 17 nitrogen and oxygen atoms in total. The van der Waals surface area contributed by atoms with Gasteiger partial charge in [0, 0.05) is 25.7 Å². The second kappa shape index (κ2) is 58.8. The first-order valence-corrected chi connectivity index (χ1v) is 38.7. The van der Waals surface area contributed by atoms with Crippen molar-refractivity contribution in [3.8, 4) is 0 Å². The summed E-state index contributed by atoms with van der Waals surface area (Å²) in [5.74, 6) is 0.858. The van der Waals surface area contributed by atoms with Gasteiger partial charge in [-0.3, -0.25) is 37.3 Å². The average Bonchev–Trinajstić information content (AvgIpc) is 3.67. The van der Waals surface area contributed by atoms with Crippen LogP contribution in [0.1, 0.15) is 338 Å². The molecule has 0 heterocycles. The predicted molar refractivity (Wildman–Crippen MR) is 354 cm³/mol. The number of carbonyl (C=O) groups excluding carboxylic acids is 4. The number of phosphoric acid groups is 2. The summed E-state index contributed by atoms with van der Waals surface area (Å²) >= 11 is 0. The molecule has 6 atom stereocenters. The third-order valence-corrected chi connectivity index (χ3v) is 18.1. The number of hydrogen-bond donors (Lipinski definition) is 3. The lowest BCUT2D eigenvalue weighted by molar-refractivity contribution is -0.161. The minimum absolute atomic E-state index is 0.104. The topological polar surface area (TPSA) is 237 Å². The quantitative estimate of drug-likeness (QED) is 0.0222. The van der Waals surface area contributed by atoms with Crippen LogP contribution in [0.5, 0.6) is 0 Å². The highest BCUT2D eigenvalue weighted by molar-refractivity contribution is 7.47. The van der Waals surface area contributed by atoms with E-state index in [-0.39, 0.29) is 25.7 Å². The van der Waals surface area contributed by atoms with Crippen molar-refractivity contribution in [2.75, 3.05) is 39.6 Å². The molecule has 0 aliphatic rings. The van der Waals surface area contributed by atoms with Gasteiger partial charge >= 0.3 is 39.5 Å². The number of phosphoric ester groups is 2. The molecule has 0 aromatic heterocycles. The molecular formula is C69H134O17P2. The van der Waals surface area contributed by atoms with Crippen LogP contribution in [-0.2, 0) is 65.4 Å². The summed E-state index contributed by atoms with van der Waals surface area (Å²) in [5, 5.41) is 10.6. The first-order valence-electron chi connectivity index (χ1n) is 35.7. The first kappa shape index (κ1) is 86.1. The number of unbranched alkanes of at least 4 members (excludes halogenated alkanes) is 31. The molecule has 0 rings (SSSR count).